The normalized spacial score (nSPS) is 16.2. The Morgan fingerprint density at radius 2 is 1.87 bits per heavy atom. The maximum atomic E-state index is 12.7. The number of aliphatic carboxylic acids is 1. The maximum Gasteiger partial charge on any atom is 0.307 e. The van der Waals surface area contributed by atoms with Crippen LogP contribution in [0.1, 0.15) is 47.6 Å². The van der Waals surface area contributed by atoms with Gasteiger partial charge in [-0.1, -0.05) is 32.0 Å². The summed E-state index contributed by atoms with van der Waals surface area (Å²) in [6.07, 6.45) is 1.12. The lowest BCUT2D eigenvalue weighted by Gasteiger charge is -2.30. The van der Waals surface area contributed by atoms with Crippen molar-refractivity contribution in [1.82, 2.24) is 4.57 Å². The van der Waals surface area contributed by atoms with E-state index >= 15 is 0 Å². The maximum absolute atomic E-state index is 12.7. The highest BCUT2D eigenvalue weighted by molar-refractivity contribution is 6.01. The fourth-order valence-electron chi connectivity index (χ4n) is 3.63. The number of para-hydroxylation sites is 1. The first-order valence-electron chi connectivity index (χ1n) is 7.83. The number of hydrogen-bond acceptors (Lipinski definition) is 2. The van der Waals surface area contributed by atoms with Gasteiger partial charge in [0.1, 0.15) is 0 Å². The quantitative estimate of drug-likeness (QED) is 0.942. The van der Waals surface area contributed by atoms with Crippen LogP contribution in [0.2, 0.25) is 0 Å². The minimum absolute atomic E-state index is 0.0604. The largest absolute Gasteiger partial charge is 0.481 e. The molecule has 1 aromatic heterocycles. The molecule has 0 spiro atoms. The second-order valence-corrected chi connectivity index (χ2v) is 7.07. The van der Waals surface area contributed by atoms with E-state index in [1.807, 2.05) is 37.3 Å². The van der Waals surface area contributed by atoms with Crippen LogP contribution in [0, 0.1) is 12.3 Å². The number of carboxylic acids is 1. The monoisotopic (exact) mass is 311 g/mol. The van der Waals surface area contributed by atoms with Gasteiger partial charge in [0.15, 0.2) is 5.78 Å². The number of carboxylic acid groups (broad SMARTS) is 1. The zero-order valence-electron chi connectivity index (χ0n) is 13.7. The van der Waals surface area contributed by atoms with Gasteiger partial charge in [-0.2, -0.15) is 0 Å². The molecule has 0 amide bonds. The highest BCUT2D eigenvalue weighted by Crippen LogP contribution is 2.40. The average molecular weight is 311 g/mol. The highest BCUT2D eigenvalue weighted by Gasteiger charge is 2.37. The topological polar surface area (TPSA) is 59.3 Å². The van der Waals surface area contributed by atoms with Crippen molar-refractivity contribution < 1.29 is 14.7 Å². The first-order valence-corrected chi connectivity index (χ1v) is 7.83. The van der Waals surface area contributed by atoms with E-state index in [-0.39, 0.29) is 17.6 Å². The summed E-state index contributed by atoms with van der Waals surface area (Å²) >= 11 is 0. The third-order valence-corrected chi connectivity index (χ3v) is 4.54. The van der Waals surface area contributed by atoms with E-state index < -0.39 is 5.97 Å². The van der Waals surface area contributed by atoms with Crippen LogP contribution in [0.3, 0.4) is 0 Å². The Labute approximate surface area is 135 Å². The summed E-state index contributed by atoms with van der Waals surface area (Å²) in [4.78, 5) is 24.0. The third-order valence-electron chi connectivity index (χ3n) is 4.54. The standard InChI is InChI=1S/C19H21NO3/c1-12-14(9-17(22)23)18-15(10-19(2,3)11-16(18)21)20(12)13-7-5-4-6-8-13/h4-8H,9-11H2,1-3H3,(H,22,23). The number of aromatic nitrogens is 1. The van der Waals surface area contributed by atoms with Crippen LogP contribution in [0.5, 0.6) is 0 Å². The van der Waals surface area contributed by atoms with Crippen molar-refractivity contribution in [2.75, 3.05) is 0 Å². The molecule has 1 aliphatic rings. The molecular weight excluding hydrogens is 290 g/mol. The first-order chi connectivity index (χ1) is 10.8. The number of ketones is 1. The molecule has 2 aromatic rings. The van der Waals surface area contributed by atoms with Gasteiger partial charge in [-0.25, -0.2) is 0 Å². The Kier molecular flexibility index (Phi) is 3.63. The Morgan fingerprint density at radius 1 is 1.22 bits per heavy atom. The second kappa shape index (κ2) is 5.37. The smallest absolute Gasteiger partial charge is 0.307 e. The summed E-state index contributed by atoms with van der Waals surface area (Å²) < 4.78 is 2.06. The lowest BCUT2D eigenvalue weighted by molar-refractivity contribution is -0.136. The summed E-state index contributed by atoms with van der Waals surface area (Å²) in [7, 11) is 0. The van der Waals surface area contributed by atoms with Crippen LogP contribution < -0.4 is 0 Å². The lowest BCUT2D eigenvalue weighted by Crippen LogP contribution is -2.28. The molecule has 0 saturated heterocycles. The second-order valence-electron chi connectivity index (χ2n) is 7.07. The van der Waals surface area contributed by atoms with Crippen LogP contribution in [0.25, 0.3) is 5.69 Å². The van der Waals surface area contributed by atoms with Gasteiger partial charge in [0, 0.05) is 29.1 Å². The number of nitrogens with zero attached hydrogens (tertiary/aromatic N) is 1. The van der Waals surface area contributed by atoms with Crippen molar-refractivity contribution in [3.8, 4) is 5.69 Å². The molecule has 23 heavy (non-hydrogen) atoms. The van der Waals surface area contributed by atoms with Crippen molar-refractivity contribution in [1.29, 1.82) is 0 Å². The molecule has 1 N–H and O–H groups in total. The molecule has 0 fully saturated rings. The van der Waals surface area contributed by atoms with Crippen LogP contribution in [-0.2, 0) is 17.6 Å². The summed E-state index contributed by atoms with van der Waals surface area (Å²) in [6.45, 7) is 6.08. The average Bonchev–Trinajstić information content (AvgIpc) is 2.70. The van der Waals surface area contributed by atoms with E-state index in [9.17, 15) is 14.7 Å². The number of Topliss-reactive ketones (excluding diaryl/α,β-unsaturated/α-hetero) is 1. The number of rotatable bonds is 3. The number of benzene rings is 1. The van der Waals surface area contributed by atoms with E-state index in [0.29, 0.717) is 17.5 Å². The molecule has 120 valence electrons. The predicted octanol–water partition coefficient (Wildman–Crippen LogP) is 3.57. The van der Waals surface area contributed by atoms with Crippen molar-refractivity contribution in [3.05, 3.63) is 52.8 Å². The van der Waals surface area contributed by atoms with E-state index in [1.54, 1.807) is 0 Å². The van der Waals surface area contributed by atoms with Gasteiger partial charge < -0.3 is 9.67 Å². The fourth-order valence-corrected chi connectivity index (χ4v) is 3.63. The minimum Gasteiger partial charge on any atom is -0.481 e. The SMILES string of the molecule is Cc1c(CC(=O)O)c2c(n1-c1ccccc1)CC(C)(C)CC2=O. The van der Waals surface area contributed by atoms with Gasteiger partial charge in [-0.3, -0.25) is 9.59 Å². The van der Waals surface area contributed by atoms with Gasteiger partial charge >= 0.3 is 5.97 Å². The molecule has 0 atom stereocenters. The molecular formula is C19H21NO3. The van der Waals surface area contributed by atoms with Crippen molar-refractivity contribution in [2.24, 2.45) is 5.41 Å². The van der Waals surface area contributed by atoms with Gasteiger partial charge in [0.2, 0.25) is 0 Å². The molecule has 3 rings (SSSR count). The molecule has 1 heterocycles. The molecule has 4 nitrogen and oxygen atoms in total. The Hall–Kier alpha value is -2.36. The summed E-state index contributed by atoms with van der Waals surface area (Å²) in [5.74, 6) is -0.843. The highest BCUT2D eigenvalue weighted by atomic mass is 16.4. The summed E-state index contributed by atoms with van der Waals surface area (Å²) in [5.41, 5.74) is 3.97. The Morgan fingerprint density at radius 3 is 2.48 bits per heavy atom. The number of hydrogen-bond donors (Lipinski definition) is 1. The van der Waals surface area contributed by atoms with Crippen molar-refractivity contribution >= 4 is 11.8 Å². The fraction of sp³-hybridized carbons (Fsp3) is 0.368. The molecule has 1 aromatic carbocycles. The zero-order valence-corrected chi connectivity index (χ0v) is 13.7. The molecule has 4 heteroatoms. The molecule has 0 saturated carbocycles. The van der Waals surface area contributed by atoms with E-state index in [0.717, 1.165) is 23.5 Å². The minimum atomic E-state index is -0.904. The molecule has 0 radical (unpaired) electrons. The van der Waals surface area contributed by atoms with Crippen LogP contribution in [-0.4, -0.2) is 21.4 Å². The van der Waals surface area contributed by atoms with Gasteiger partial charge in [-0.05, 0) is 36.5 Å². The van der Waals surface area contributed by atoms with E-state index in [2.05, 4.69) is 18.4 Å². The van der Waals surface area contributed by atoms with Gasteiger partial charge in [0.05, 0.1) is 6.42 Å². The first kappa shape index (κ1) is 15.5. The van der Waals surface area contributed by atoms with Crippen molar-refractivity contribution in [3.63, 3.8) is 0 Å². The van der Waals surface area contributed by atoms with Crippen LogP contribution in [0.4, 0.5) is 0 Å². The Balaban J connectivity index is 2.29. The number of fused-ring (bicyclic) bond motifs is 1. The molecule has 0 bridgehead atoms. The third kappa shape index (κ3) is 2.69. The zero-order chi connectivity index (χ0) is 16.8. The summed E-state index contributed by atoms with van der Waals surface area (Å²) in [6, 6.07) is 9.83. The van der Waals surface area contributed by atoms with Crippen molar-refractivity contribution in [2.45, 2.75) is 40.0 Å². The Bertz CT molecular complexity index is 785. The van der Waals surface area contributed by atoms with Gasteiger partial charge in [-0.15, -0.1) is 0 Å². The lowest BCUT2D eigenvalue weighted by atomic mass is 9.75. The predicted molar refractivity (Wildman–Crippen MR) is 88.3 cm³/mol. The number of carbonyl (C=O) groups is 2. The van der Waals surface area contributed by atoms with Crippen LogP contribution in [0.15, 0.2) is 30.3 Å². The molecule has 0 unspecified atom stereocenters. The van der Waals surface area contributed by atoms with Crippen LogP contribution >= 0.6 is 0 Å². The van der Waals surface area contributed by atoms with E-state index in [1.165, 1.54) is 0 Å². The molecule has 1 aliphatic carbocycles. The number of carbonyl (C=O) groups excluding carboxylic acids is 1. The summed E-state index contributed by atoms with van der Waals surface area (Å²) in [5, 5.41) is 9.24. The van der Waals surface area contributed by atoms with Gasteiger partial charge in [0.25, 0.3) is 0 Å². The molecule has 0 aliphatic heterocycles. The van der Waals surface area contributed by atoms with E-state index in [4.69, 9.17) is 0 Å².